The van der Waals surface area contributed by atoms with Gasteiger partial charge in [0.05, 0.1) is 18.9 Å². The first-order valence-corrected chi connectivity index (χ1v) is 7.70. The van der Waals surface area contributed by atoms with Crippen LogP contribution in [0.15, 0.2) is 16.7 Å². The van der Waals surface area contributed by atoms with E-state index in [0.717, 1.165) is 38.5 Å². The van der Waals surface area contributed by atoms with Crippen molar-refractivity contribution < 1.29 is 9.15 Å². The van der Waals surface area contributed by atoms with Crippen molar-refractivity contribution in [1.82, 2.24) is 10.2 Å². The normalized spacial score (nSPS) is 20.7. The molecule has 4 heteroatoms. The van der Waals surface area contributed by atoms with Gasteiger partial charge < -0.3 is 14.5 Å². The third-order valence-corrected chi connectivity index (χ3v) is 3.87. The van der Waals surface area contributed by atoms with E-state index < -0.39 is 0 Å². The Hall–Kier alpha value is -0.840. The molecule has 0 amide bonds. The van der Waals surface area contributed by atoms with Crippen molar-refractivity contribution in [1.29, 1.82) is 0 Å². The fourth-order valence-electron chi connectivity index (χ4n) is 2.71. The van der Waals surface area contributed by atoms with Gasteiger partial charge in [-0.3, -0.25) is 4.90 Å². The van der Waals surface area contributed by atoms with Crippen LogP contribution in [0, 0.1) is 5.92 Å². The highest BCUT2D eigenvalue weighted by atomic mass is 16.5. The summed E-state index contributed by atoms with van der Waals surface area (Å²) in [6.45, 7) is 9.43. The van der Waals surface area contributed by atoms with Crippen molar-refractivity contribution in [2.24, 2.45) is 5.92 Å². The lowest BCUT2D eigenvalue weighted by Crippen LogP contribution is -2.38. The first kappa shape index (κ1) is 15.5. The zero-order chi connectivity index (χ0) is 14.4. The molecule has 0 aliphatic carbocycles. The molecule has 20 heavy (non-hydrogen) atoms. The van der Waals surface area contributed by atoms with E-state index in [1.807, 2.05) is 7.11 Å². The number of furan rings is 1. The van der Waals surface area contributed by atoms with Crippen LogP contribution in [0.2, 0.25) is 0 Å². The van der Waals surface area contributed by atoms with Gasteiger partial charge in [0, 0.05) is 25.8 Å². The minimum absolute atomic E-state index is 0.376. The summed E-state index contributed by atoms with van der Waals surface area (Å²) in [5, 5.41) is 3.48. The van der Waals surface area contributed by atoms with Gasteiger partial charge in [0.15, 0.2) is 0 Å². The highest BCUT2D eigenvalue weighted by Crippen LogP contribution is 2.18. The summed E-state index contributed by atoms with van der Waals surface area (Å²) in [6, 6.07) is 2.08. The standard InChI is InChI=1S/C16H28N2O2/c1-13(2)9-17-10-14-6-8-20-16(14)12-18-7-4-5-15(11-18)19-3/h6,8,13,15,17H,4-5,7,9-12H2,1-3H3. The number of piperidine rings is 1. The van der Waals surface area contributed by atoms with Gasteiger partial charge in [0.1, 0.15) is 5.76 Å². The molecule has 114 valence electrons. The second-order valence-corrected chi connectivity index (χ2v) is 6.13. The molecule has 1 saturated heterocycles. The number of likely N-dealkylation sites (tertiary alicyclic amines) is 1. The van der Waals surface area contributed by atoms with Crippen molar-refractivity contribution in [3.63, 3.8) is 0 Å². The molecule has 0 aromatic carbocycles. The summed E-state index contributed by atoms with van der Waals surface area (Å²) in [4.78, 5) is 2.43. The van der Waals surface area contributed by atoms with Gasteiger partial charge in [-0.1, -0.05) is 13.8 Å². The molecule has 2 rings (SSSR count). The Balaban J connectivity index is 1.84. The first-order chi connectivity index (χ1) is 9.69. The van der Waals surface area contributed by atoms with Crippen LogP contribution in [0.5, 0.6) is 0 Å². The summed E-state index contributed by atoms with van der Waals surface area (Å²) >= 11 is 0. The molecule has 1 aliphatic rings. The molecule has 1 unspecified atom stereocenters. The SMILES string of the molecule is COC1CCCN(Cc2occc2CNCC(C)C)C1. The Morgan fingerprint density at radius 1 is 1.50 bits per heavy atom. The maximum Gasteiger partial charge on any atom is 0.122 e. The van der Waals surface area contributed by atoms with Crippen LogP contribution in [0.25, 0.3) is 0 Å². The van der Waals surface area contributed by atoms with Gasteiger partial charge in [-0.2, -0.15) is 0 Å². The van der Waals surface area contributed by atoms with Gasteiger partial charge in [0.2, 0.25) is 0 Å². The Morgan fingerprint density at radius 3 is 3.10 bits per heavy atom. The van der Waals surface area contributed by atoms with E-state index in [2.05, 4.69) is 30.1 Å². The smallest absolute Gasteiger partial charge is 0.122 e. The number of hydrogen-bond donors (Lipinski definition) is 1. The molecule has 0 radical (unpaired) electrons. The van der Waals surface area contributed by atoms with Crippen LogP contribution >= 0.6 is 0 Å². The van der Waals surface area contributed by atoms with Crippen LogP contribution in [0.4, 0.5) is 0 Å². The number of hydrogen-bond acceptors (Lipinski definition) is 4. The van der Waals surface area contributed by atoms with Crippen molar-refractivity contribution in [2.45, 2.75) is 45.9 Å². The third-order valence-electron chi connectivity index (χ3n) is 3.87. The predicted molar refractivity (Wildman–Crippen MR) is 80.6 cm³/mol. The Labute approximate surface area is 122 Å². The molecule has 2 heterocycles. The topological polar surface area (TPSA) is 37.6 Å². The average molecular weight is 280 g/mol. The Kier molecular flexibility index (Phi) is 6.07. The largest absolute Gasteiger partial charge is 0.468 e. The quantitative estimate of drug-likeness (QED) is 0.833. The summed E-state index contributed by atoms with van der Waals surface area (Å²) in [7, 11) is 1.81. The van der Waals surface area contributed by atoms with E-state index in [0.29, 0.717) is 12.0 Å². The van der Waals surface area contributed by atoms with Gasteiger partial charge in [-0.15, -0.1) is 0 Å². The lowest BCUT2D eigenvalue weighted by molar-refractivity contribution is 0.0262. The zero-order valence-electron chi connectivity index (χ0n) is 13.0. The van der Waals surface area contributed by atoms with Gasteiger partial charge in [-0.25, -0.2) is 0 Å². The van der Waals surface area contributed by atoms with Crippen molar-refractivity contribution in [3.05, 3.63) is 23.7 Å². The minimum Gasteiger partial charge on any atom is -0.468 e. The van der Waals surface area contributed by atoms with Crippen molar-refractivity contribution >= 4 is 0 Å². The highest BCUT2D eigenvalue weighted by molar-refractivity contribution is 5.17. The summed E-state index contributed by atoms with van der Waals surface area (Å²) in [5.74, 6) is 1.77. The van der Waals surface area contributed by atoms with E-state index in [9.17, 15) is 0 Å². The molecule has 1 N–H and O–H groups in total. The Bertz CT molecular complexity index is 390. The van der Waals surface area contributed by atoms with Gasteiger partial charge in [-0.05, 0) is 37.9 Å². The van der Waals surface area contributed by atoms with E-state index in [-0.39, 0.29) is 0 Å². The van der Waals surface area contributed by atoms with E-state index >= 15 is 0 Å². The number of ether oxygens (including phenoxy) is 1. The molecule has 0 bridgehead atoms. The fraction of sp³-hybridized carbons (Fsp3) is 0.750. The van der Waals surface area contributed by atoms with Gasteiger partial charge >= 0.3 is 0 Å². The molecule has 0 saturated carbocycles. The second kappa shape index (κ2) is 7.81. The number of rotatable bonds is 7. The van der Waals surface area contributed by atoms with Crippen LogP contribution in [-0.4, -0.2) is 37.7 Å². The van der Waals surface area contributed by atoms with Crippen molar-refractivity contribution in [3.8, 4) is 0 Å². The lowest BCUT2D eigenvalue weighted by atomic mass is 10.1. The summed E-state index contributed by atoms with van der Waals surface area (Å²) < 4.78 is 11.1. The average Bonchev–Trinajstić information content (AvgIpc) is 2.86. The van der Waals surface area contributed by atoms with E-state index in [1.54, 1.807) is 6.26 Å². The van der Waals surface area contributed by atoms with E-state index in [4.69, 9.17) is 9.15 Å². The number of nitrogens with one attached hydrogen (secondary N) is 1. The molecule has 1 aromatic rings. The third kappa shape index (κ3) is 4.62. The summed E-state index contributed by atoms with van der Waals surface area (Å²) in [5.41, 5.74) is 1.28. The predicted octanol–water partition coefficient (Wildman–Crippen LogP) is 2.64. The summed E-state index contributed by atoms with van der Waals surface area (Å²) in [6.07, 6.45) is 4.56. The Morgan fingerprint density at radius 2 is 2.35 bits per heavy atom. The maximum absolute atomic E-state index is 5.67. The van der Waals surface area contributed by atoms with Crippen LogP contribution in [-0.2, 0) is 17.8 Å². The number of nitrogens with zero attached hydrogens (tertiary/aromatic N) is 1. The van der Waals surface area contributed by atoms with Crippen molar-refractivity contribution in [2.75, 3.05) is 26.7 Å². The molecule has 1 atom stereocenters. The molecule has 1 fully saturated rings. The van der Waals surface area contributed by atoms with E-state index in [1.165, 1.54) is 18.4 Å². The maximum atomic E-state index is 5.67. The lowest BCUT2D eigenvalue weighted by Gasteiger charge is -2.31. The second-order valence-electron chi connectivity index (χ2n) is 6.13. The molecular formula is C16H28N2O2. The van der Waals surface area contributed by atoms with Gasteiger partial charge in [0.25, 0.3) is 0 Å². The highest BCUT2D eigenvalue weighted by Gasteiger charge is 2.21. The van der Waals surface area contributed by atoms with Crippen LogP contribution in [0.3, 0.4) is 0 Å². The van der Waals surface area contributed by atoms with Crippen LogP contribution in [0.1, 0.15) is 38.0 Å². The minimum atomic E-state index is 0.376. The molecule has 1 aromatic heterocycles. The monoisotopic (exact) mass is 280 g/mol. The van der Waals surface area contributed by atoms with Crippen LogP contribution < -0.4 is 5.32 Å². The fourth-order valence-corrected chi connectivity index (χ4v) is 2.71. The zero-order valence-corrected chi connectivity index (χ0v) is 13.0. The molecular weight excluding hydrogens is 252 g/mol. The first-order valence-electron chi connectivity index (χ1n) is 7.70. The molecule has 1 aliphatic heterocycles. The number of methoxy groups -OCH3 is 1. The molecule has 0 spiro atoms. The molecule has 4 nitrogen and oxygen atoms in total.